The maximum absolute atomic E-state index is 4.83. The fourth-order valence-corrected chi connectivity index (χ4v) is 2.22. The summed E-state index contributed by atoms with van der Waals surface area (Å²) in [5, 5.41) is 0. The molecule has 94 valence electrons. The Morgan fingerprint density at radius 3 is 2.50 bits per heavy atom. The Bertz CT molecular complexity index is 549. The highest BCUT2D eigenvalue weighted by atomic mass is 14.8. The molecule has 2 aromatic rings. The van der Waals surface area contributed by atoms with Crippen molar-refractivity contribution >= 4 is 24.3 Å². The SMILES string of the molecule is Bc1ccc2nc(CCC)c(CC(C)C)nc2c1. The summed E-state index contributed by atoms with van der Waals surface area (Å²) in [6, 6.07) is 6.31. The van der Waals surface area contributed by atoms with E-state index in [1.807, 2.05) is 0 Å². The van der Waals surface area contributed by atoms with Crippen LogP contribution < -0.4 is 5.46 Å². The van der Waals surface area contributed by atoms with Crippen molar-refractivity contribution in [3.63, 3.8) is 0 Å². The lowest BCUT2D eigenvalue weighted by molar-refractivity contribution is 0.626. The van der Waals surface area contributed by atoms with Gasteiger partial charge < -0.3 is 0 Å². The first-order chi connectivity index (χ1) is 8.60. The van der Waals surface area contributed by atoms with Crippen LogP contribution in [0.2, 0.25) is 0 Å². The van der Waals surface area contributed by atoms with Crippen molar-refractivity contribution in [2.45, 2.75) is 40.0 Å². The zero-order valence-electron chi connectivity index (χ0n) is 11.8. The first kappa shape index (κ1) is 13.1. The van der Waals surface area contributed by atoms with Crippen LogP contribution in [0.1, 0.15) is 38.6 Å². The molecular weight excluding hydrogens is 219 g/mol. The Morgan fingerprint density at radius 1 is 1.11 bits per heavy atom. The van der Waals surface area contributed by atoms with Crippen LogP contribution in [0.3, 0.4) is 0 Å². The van der Waals surface area contributed by atoms with Gasteiger partial charge in [0, 0.05) is 0 Å². The summed E-state index contributed by atoms with van der Waals surface area (Å²) in [4.78, 5) is 9.63. The Hall–Kier alpha value is -1.38. The first-order valence-corrected chi connectivity index (χ1v) is 6.86. The van der Waals surface area contributed by atoms with Gasteiger partial charge in [0.05, 0.1) is 22.4 Å². The molecule has 2 nitrogen and oxygen atoms in total. The van der Waals surface area contributed by atoms with Gasteiger partial charge in [-0.25, -0.2) is 9.97 Å². The normalized spacial score (nSPS) is 11.3. The molecule has 0 aliphatic carbocycles. The maximum Gasteiger partial charge on any atom is 0.139 e. The number of nitrogens with zero attached hydrogens (tertiary/aromatic N) is 2. The summed E-state index contributed by atoms with van der Waals surface area (Å²) in [5.74, 6) is 0.622. The lowest BCUT2D eigenvalue weighted by Crippen LogP contribution is -2.08. The highest BCUT2D eigenvalue weighted by molar-refractivity contribution is 6.33. The van der Waals surface area contributed by atoms with E-state index in [-0.39, 0.29) is 0 Å². The summed E-state index contributed by atoms with van der Waals surface area (Å²) in [6.45, 7) is 6.66. The zero-order chi connectivity index (χ0) is 13.1. The highest BCUT2D eigenvalue weighted by Crippen LogP contribution is 2.16. The van der Waals surface area contributed by atoms with Gasteiger partial charge in [-0.3, -0.25) is 0 Å². The van der Waals surface area contributed by atoms with Gasteiger partial charge in [0.1, 0.15) is 7.85 Å². The minimum Gasteiger partial charge on any atom is -0.249 e. The molecule has 0 fully saturated rings. The smallest absolute Gasteiger partial charge is 0.139 e. The standard InChI is InChI=1S/C15H21BN2/c1-4-5-12-14(8-10(2)3)18-15-9-11(16)6-7-13(15)17-12/h6-7,9-10H,4-5,8,16H2,1-3H3. The predicted octanol–water partition coefficient (Wildman–Crippen LogP) is 2.04. The Balaban J connectivity index is 2.53. The highest BCUT2D eigenvalue weighted by Gasteiger charge is 2.10. The number of hydrogen-bond acceptors (Lipinski definition) is 2. The number of fused-ring (bicyclic) bond motifs is 1. The van der Waals surface area contributed by atoms with Crippen LogP contribution >= 0.6 is 0 Å². The van der Waals surface area contributed by atoms with E-state index in [2.05, 4.69) is 46.8 Å². The molecule has 0 spiro atoms. The minimum atomic E-state index is 0.622. The molecule has 0 amide bonds. The largest absolute Gasteiger partial charge is 0.249 e. The van der Waals surface area contributed by atoms with E-state index in [1.165, 1.54) is 16.9 Å². The average Bonchev–Trinajstić information content (AvgIpc) is 2.30. The summed E-state index contributed by atoms with van der Waals surface area (Å²) >= 11 is 0. The van der Waals surface area contributed by atoms with Gasteiger partial charge in [-0.2, -0.15) is 0 Å². The van der Waals surface area contributed by atoms with Gasteiger partial charge in [0.15, 0.2) is 0 Å². The van der Waals surface area contributed by atoms with Crippen molar-refractivity contribution in [2.75, 3.05) is 0 Å². The Labute approximate surface area is 110 Å². The third kappa shape index (κ3) is 2.89. The van der Waals surface area contributed by atoms with Gasteiger partial charge in [-0.15, -0.1) is 0 Å². The lowest BCUT2D eigenvalue weighted by atomic mass is 9.95. The molecule has 0 radical (unpaired) electrons. The molecule has 0 aliphatic heterocycles. The Kier molecular flexibility index (Phi) is 4.00. The molecule has 2 rings (SSSR count). The monoisotopic (exact) mass is 240 g/mol. The van der Waals surface area contributed by atoms with Crippen molar-refractivity contribution in [3.05, 3.63) is 29.6 Å². The third-order valence-electron chi connectivity index (χ3n) is 3.06. The zero-order valence-corrected chi connectivity index (χ0v) is 11.8. The van der Waals surface area contributed by atoms with Crippen LogP contribution in [0, 0.1) is 5.92 Å². The van der Waals surface area contributed by atoms with E-state index in [0.717, 1.165) is 30.3 Å². The molecular formula is C15H21BN2. The lowest BCUT2D eigenvalue weighted by Gasteiger charge is -2.11. The van der Waals surface area contributed by atoms with E-state index >= 15 is 0 Å². The molecule has 18 heavy (non-hydrogen) atoms. The summed E-state index contributed by atoms with van der Waals surface area (Å²) in [5.41, 5.74) is 5.67. The van der Waals surface area contributed by atoms with Gasteiger partial charge >= 0.3 is 0 Å². The van der Waals surface area contributed by atoms with Crippen molar-refractivity contribution in [3.8, 4) is 0 Å². The molecule has 0 bridgehead atoms. The number of aromatic nitrogens is 2. The number of hydrogen-bond donors (Lipinski definition) is 0. The second-order valence-electron chi connectivity index (χ2n) is 5.46. The van der Waals surface area contributed by atoms with Crippen LogP contribution in [0.5, 0.6) is 0 Å². The molecule has 0 unspecified atom stereocenters. The van der Waals surface area contributed by atoms with E-state index < -0.39 is 0 Å². The van der Waals surface area contributed by atoms with Gasteiger partial charge in [0.25, 0.3) is 0 Å². The summed E-state index contributed by atoms with van der Waals surface area (Å²) < 4.78 is 0. The van der Waals surface area contributed by atoms with Crippen LogP contribution in [0.15, 0.2) is 18.2 Å². The summed E-state index contributed by atoms with van der Waals surface area (Å²) in [7, 11) is 2.10. The van der Waals surface area contributed by atoms with E-state index in [4.69, 9.17) is 9.97 Å². The molecule has 0 atom stereocenters. The van der Waals surface area contributed by atoms with Crippen molar-refractivity contribution in [2.24, 2.45) is 5.92 Å². The maximum atomic E-state index is 4.83. The minimum absolute atomic E-state index is 0.622. The number of rotatable bonds is 4. The topological polar surface area (TPSA) is 25.8 Å². The molecule has 0 saturated carbocycles. The molecule has 3 heteroatoms. The molecule has 0 aliphatic rings. The van der Waals surface area contributed by atoms with Crippen LogP contribution in [-0.4, -0.2) is 17.8 Å². The van der Waals surface area contributed by atoms with Gasteiger partial charge in [0.2, 0.25) is 0 Å². The fraction of sp³-hybridized carbons (Fsp3) is 0.467. The predicted molar refractivity (Wildman–Crippen MR) is 80.3 cm³/mol. The van der Waals surface area contributed by atoms with E-state index in [1.54, 1.807) is 0 Å². The van der Waals surface area contributed by atoms with Gasteiger partial charge in [-0.1, -0.05) is 38.7 Å². The van der Waals surface area contributed by atoms with Crippen molar-refractivity contribution in [1.82, 2.24) is 9.97 Å². The van der Waals surface area contributed by atoms with Crippen LogP contribution in [0.25, 0.3) is 11.0 Å². The van der Waals surface area contributed by atoms with E-state index in [0.29, 0.717) is 5.92 Å². The molecule has 1 aromatic heterocycles. The molecule has 1 heterocycles. The van der Waals surface area contributed by atoms with Crippen LogP contribution in [-0.2, 0) is 12.8 Å². The first-order valence-electron chi connectivity index (χ1n) is 6.86. The quantitative estimate of drug-likeness (QED) is 0.764. The fourth-order valence-electron chi connectivity index (χ4n) is 2.22. The molecule has 0 saturated heterocycles. The van der Waals surface area contributed by atoms with Crippen molar-refractivity contribution in [1.29, 1.82) is 0 Å². The summed E-state index contributed by atoms with van der Waals surface area (Å²) in [6.07, 6.45) is 3.17. The number of aryl methyl sites for hydroxylation is 1. The third-order valence-corrected chi connectivity index (χ3v) is 3.06. The van der Waals surface area contributed by atoms with E-state index in [9.17, 15) is 0 Å². The average molecular weight is 240 g/mol. The number of benzene rings is 1. The van der Waals surface area contributed by atoms with Gasteiger partial charge in [-0.05, 0) is 30.9 Å². The second-order valence-corrected chi connectivity index (χ2v) is 5.46. The van der Waals surface area contributed by atoms with Crippen LogP contribution in [0.4, 0.5) is 0 Å². The Morgan fingerprint density at radius 2 is 1.83 bits per heavy atom. The molecule has 0 N–H and O–H groups in total. The van der Waals surface area contributed by atoms with Crippen molar-refractivity contribution < 1.29 is 0 Å². The molecule has 1 aromatic carbocycles. The second kappa shape index (κ2) is 5.51.